The number of piperidine rings is 1. The zero-order valence-corrected chi connectivity index (χ0v) is 17.5. The van der Waals surface area contributed by atoms with Crippen LogP contribution in [0.25, 0.3) is 0 Å². The van der Waals surface area contributed by atoms with E-state index in [-0.39, 0.29) is 16.2 Å². The summed E-state index contributed by atoms with van der Waals surface area (Å²) in [6.07, 6.45) is 2.93. The molecule has 29 heavy (non-hydrogen) atoms. The minimum absolute atomic E-state index is 0.0387. The summed E-state index contributed by atoms with van der Waals surface area (Å²) in [7, 11) is -3.62. The van der Waals surface area contributed by atoms with E-state index < -0.39 is 10.0 Å². The van der Waals surface area contributed by atoms with Gasteiger partial charge < -0.3 is 9.64 Å². The number of rotatable bonds is 2. The number of carbonyl (C=O) groups is 1. The molecule has 2 aliphatic rings. The highest BCUT2D eigenvalue weighted by molar-refractivity contribution is 7.89. The van der Waals surface area contributed by atoms with Crippen LogP contribution in [0.5, 0.6) is 5.75 Å². The van der Waals surface area contributed by atoms with Crippen molar-refractivity contribution in [2.45, 2.75) is 31.6 Å². The van der Waals surface area contributed by atoms with Crippen molar-refractivity contribution in [3.05, 3.63) is 41.7 Å². The largest absolute Gasteiger partial charge is 0.492 e. The molecule has 1 aromatic heterocycles. The molecule has 0 atom stereocenters. The van der Waals surface area contributed by atoms with Crippen LogP contribution >= 0.6 is 0 Å². The number of para-hydroxylation sites is 1. The molecule has 9 heteroatoms. The number of fused-ring (bicyclic) bond motifs is 1. The lowest BCUT2D eigenvalue weighted by Crippen LogP contribution is -2.52. The van der Waals surface area contributed by atoms with Gasteiger partial charge in [0.05, 0.1) is 18.4 Å². The molecular weight excluding hydrogens is 392 g/mol. The Hall–Kier alpha value is -2.39. The molecule has 1 N–H and O–H groups in total. The summed E-state index contributed by atoms with van der Waals surface area (Å²) in [4.78, 5) is 14.8. The number of aryl methyl sites for hydroxylation is 1. The highest BCUT2D eigenvalue weighted by atomic mass is 32.2. The summed E-state index contributed by atoms with van der Waals surface area (Å²) in [5, 5.41) is 6.74. The Labute approximate surface area is 170 Å². The van der Waals surface area contributed by atoms with Gasteiger partial charge in [-0.1, -0.05) is 19.1 Å². The normalized spacial score (nSPS) is 21.1. The number of ether oxygens (including phenoxy) is 1. The highest BCUT2D eigenvalue weighted by Crippen LogP contribution is 2.39. The first-order valence-corrected chi connectivity index (χ1v) is 11.3. The van der Waals surface area contributed by atoms with Gasteiger partial charge in [-0.25, -0.2) is 8.42 Å². The number of sulfonamides is 1. The second-order valence-corrected chi connectivity index (χ2v) is 9.77. The second-order valence-electron chi connectivity index (χ2n) is 7.87. The number of aromatic nitrogens is 2. The van der Waals surface area contributed by atoms with Crippen molar-refractivity contribution in [3.63, 3.8) is 0 Å². The summed E-state index contributed by atoms with van der Waals surface area (Å²) in [5.74, 6) is 0.362. The average molecular weight is 419 g/mol. The molecule has 1 fully saturated rings. The number of H-pyrrole nitrogens is 1. The summed E-state index contributed by atoms with van der Waals surface area (Å²) >= 11 is 0. The minimum atomic E-state index is -3.62. The molecule has 8 nitrogen and oxygen atoms in total. The van der Waals surface area contributed by atoms with Gasteiger partial charge in [0.1, 0.15) is 10.6 Å². The van der Waals surface area contributed by atoms with Crippen LogP contribution in [0.3, 0.4) is 0 Å². The number of benzene rings is 1. The van der Waals surface area contributed by atoms with E-state index in [9.17, 15) is 13.2 Å². The average Bonchev–Trinajstić information content (AvgIpc) is 3.16. The molecule has 1 amide bonds. The molecule has 156 valence electrons. The van der Waals surface area contributed by atoms with Gasteiger partial charge in [-0.15, -0.1) is 0 Å². The lowest BCUT2D eigenvalue weighted by molar-refractivity contribution is 0.0305. The number of aromatic amines is 1. The number of amides is 1. The first kappa shape index (κ1) is 19.9. The van der Waals surface area contributed by atoms with Gasteiger partial charge in [0.25, 0.3) is 5.91 Å². The van der Waals surface area contributed by atoms with Gasteiger partial charge in [0, 0.05) is 37.3 Å². The number of hydrogen-bond donors (Lipinski definition) is 1. The lowest BCUT2D eigenvalue weighted by atomic mass is 9.78. The molecule has 0 bridgehead atoms. The molecular formula is C20H26N4O4S. The van der Waals surface area contributed by atoms with Crippen LogP contribution in [0.1, 0.15) is 35.8 Å². The Morgan fingerprint density at radius 2 is 2.00 bits per heavy atom. The van der Waals surface area contributed by atoms with Gasteiger partial charge in [-0.3, -0.25) is 9.89 Å². The number of likely N-dealkylation sites (tertiary alicyclic amines) is 1. The van der Waals surface area contributed by atoms with Gasteiger partial charge in [-0.05, 0) is 31.9 Å². The molecule has 1 saturated heterocycles. The minimum Gasteiger partial charge on any atom is -0.492 e. The maximum absolute atomic E-state index is 13.2. The van der Waals surface area contributed by atoms with E-state index >= 15 is 0 Å². The molecule has 0 unspecified atom stereocenters. The maximum atomic E-state index is 13.2. The number of nitrogens with zero attached hydrogens (tertiary/aromatic N) is 3. The molecule has 0 radical (unpaired) electrons. The van der Waals surface area contributed by atoms with Gasteiger partial charge in [-0.2, -0.15) is 9.40 Å². The molecule has 4 rings (SSSR count). The second kappa shape index (κ2) is 7.46. The van der Waals surface area contributed by atoms with Crippen molar-refractivity contribution in [2.24, 2.45) is 5.41 Å². The Kier molecular flexibility index (Phi) is 5.12. The van der Waals surface area contributed by atoms with Crippen molar-refractivity contribution in [2.75, 3.05) is 32.8 Å². The fraction of sp³-hybridized carbons (Fsp3) is 0.500. The lowest BCUT2D eigenvalue weighted by Gasteiger charge is -2.44. The van der Waals surface area contributed by atoms with E-state index in [1.54, 1.807) is 34.8 Å². The van der Waals surface area contributed by atoms with Gasteiger partial charge in [0.2, 0.25) is 10.0 Å². The molecule has 0 aliphatic carbocycles. The van der Waals surface area contributed by atoms with Crippen LogP contribution in [0.4, 0.5) is 0 Å². The fourth-order valence-corrected chi connectivity index (χ4v) is 5.86. The van der Waals surface area contributed by atoms with Gasteiger partial charge >= 0.3 is 0 Å². The van der Waals surface area contributed by atoms with E-state index in [1.165, 1.54) is 0 Å². The molecule has 1 spiro atoms. The van der Waals surface area contributed by atoms with Crippen LogP contribution in [-0.4, -0.2) is 66.5 Å². The smallest absolute Gasteiger partial charge is 0.257 e. The van der Waals surface area contributed by atoms with Crippen molar-refractivity contribution in [1.29, 1.82) is 0 Å². The summed E-state index contributed by atoms with van der Waals surface area (Å²) < 4.78 is 33.9. The first-order chi connectivity index (χ1) is 13.9. The predicted molar refractivity (Wildman–Crippen MR) is 107 cm³/mol. The standard InChI is InChI=1S/C20H26N4O4S/c1-3-24-13-20(14-28-17-6-4-5-7-18(17)29(24,26)27)8-10-23(11-9-20)19(25)16-12-21-22-15(16)2/h4-7,12H,3,8-11,13-14H2,1-2H3,(H,21,22). The Morgan fingerprint density at radius 3 is 2.66 bits per heavy atom. The van der Waals surface area contributed by atoms with Crippen LogP contribution < -0.4 is 4.74 Å². The molecule has 1 aromatic carbocycles. The third-order valence-corrected chi connectivity index (χ3v) is 8.00. The molecule has 0 saturated carbocycles. The molecule has 2 aromatic rings. The molecule has 2 aliphatic heterocycles. The number of carbonyl (C=O) groups excluding carboxylic acids is 1. The number of nitrogens with one attached hydrogen (secondary N) is 1. The molecule has 3 heterocycles. The number of hydrogen-bond acceptors (Lipinski definition) is 5. The van der Waals surface area contributed by atoms with Crippen molar-refractivity contribution in [3.8, 4) is 5.75 Å². The highest BCUT2D eigenvalue weighted by Gasteiger charge is 2.43. The summed E-state index contributed by atoms with van der Waals surface area (Å²) in [6, 6.07) is 6.81. The van der Waals surface area contributed by atoms with E-state index in [0.29, 0.717) is 56.9 Å². The zero-order valence-electron chi connectivity index (χ0n) is 16.7. The third kappa shape index (κ3) is 3.53. The van der Waals surface area contributed by atoms with Crippen molar-refractivity contribution >= 4 is 15.9 Å². The monoisotopic (exact) mass is 418 g/mol. The van der Waals surface area contributed by atoms with Gasteiger partial charge in [0.15, 0.2) is 0 Å². The summed E-state index contributed by atoms with van der Waals surface area (Å²) in [6.45, 7) is 6.04. The topological polar surface area (TPSA) is 95.6 Å². The fourth-order valence-electron chi connectivity index (χ4n) is 4.16. The van der Waals surface area contributed by atoms with Crippen LogP contribution in [-0.2, 0) is 10.0 Å². The van der Waals surface area contributed by atoms with Crippen LogP contribution in [0, 0.1) is 12.3 Å². The van der Waals surface area contributed by atoms with Crippen molar-refractivity contribution in [1.82, 2.24) is 19.4 Å². The Balaban J connectivity index is 1.57. The Bertz CT molecular complexity index is 1010. The predicted octanol–water partition coefficient (Wildman–Crippen LogP) is 2.04. The SMILES string of the molecule is CCN1CC2(CCN(C(=O)c3cn[nH]c3C)CC2)COc2ccccc2S1(=O)=O. The van der Waals surface area contributed by atoms with E-state index in [2.05, 4.69) is 10.2 Å². The van der Waals surface area contributed by atoms with E-state index in [4.69, 9.17) is 4.74 Å². The Morgan fingerprint density at radius 1 is 1.28 bits per heavy atom. The van der Waals surface area contributed by atoms with Crippen LogP contribution in [0.15, 0.2) is 35.4 Å². The quantitative estimate of drug-likeness (QED) is 0.805. The first-order valence-electron chi connectivity index (χ1n) is 9.87. The van der Waals surface area contributed by atoms with Crippen LogP contribution in [0.2, 0.25) is 0 Å². The van der Waals surface area contributed by atoms with E-state index in [0.717, 1.165) is 5.69 Å². The summed E-state index contributed by atoms with van der Waals surface area (Å²) in [5.41, 5.74) is 1.02. The zero-order chi connectivity index (χ0) is 20.6. The van der Waals surface area contributed by atoms with E-state index in [1.807, 2.05) is 18.7 Å². The maximum Gasteiger partial charge on any atom is 0.257 e. The third-order valence-electron chi connectivity index (χ3n) is 6.04. The van der Waals surface area contributed by atoms with Crippen molar-refractivity contribution < 1.29 is 17.9 Å².